The number of nitrogens with one attached hydrogen (secondary N) is 1. The third-order valence-electron chi connectivity index (χ3n) is 11.7. The molecular formula is C38H49ClN2O6S. The molecule has 2 heterocycles. The number of fused-ring (bicyclic) bond motifs is 4. The van der Waals surface area contributed by atoms with Crippen molar-refractivity contribution in [1.29, 1.82) is 0 Å². The standard InChI is InChI=1S/C38H49ClN2O6S/c1-24(2)34(42)20-38(46-5)17-6-8-25(3)26(4)48(44,45)40-36(43)28-11-15-35-33(19-28)41(21-29-10-13-32(29)38)22-37(23-47-35)16-7-9-27-18-30(39)12-14-31(27)37/h6,11-12,14-15,17-19,25-26,29,32,34,42H,1,7-10,13,16,20-23H2,2-5H3,(H,40,43)/b17-6-/t25-,26+,29-,32+,34-,37-,38+/m0/s1. The number of halogens is 1. The van der Waals surface area contributed by atoms with Gasteiger partial charge >= 0.3 is 0 Å². The van der Waals surface area contributed by atoms with E-state index in [4.69, 9.17) is 21.1 Å². The molecule has 2 aromatic carbocycles. The van der Waals surface area contributed by atoms with E-state index < -0.39 is 32.9 Å². The van der Waals surface area contributed by atoms with Crippen LogP contribution in [0.2, 0.25) is 5.02 Å². The highest BCUT2D eigenvalue weighted by Gasteiger charge is 2.50. The van der Waals surface area contributed by atoms with Gasteiger partial charge in [-0.15, -0.1) is 0 Å². The third-order valence-corrected chi connectivity index (χ3v) is 13.8. The van der Waals surface area contributed by atoms with Crippen LogP contribution in [0.3, 0.4) is 0 Å². The maximum atomic E-state index is 13.5. The summed E-state index contributed by atoms with van der Waals surface area (Å²) in [5.41, 5.74) is 3.13. The topological polar surface area (TPSA) is 105 Å². The molecule has 2 aliphatic heterocycles. The van der Waals surface area contributed by atoms with E-state index >= 15 is 0 Å². The molecule has 0 unspecified atom stereocenters. The number of methoxy groups -OCH3 is 1. The van der Waals surface area contributed by atoms with Crippen LogP contribution in [0.1, 0.15) is 80.8 Å². The number of carbonyl (C=O) groups excluding carboxylic acids is 1. The lowest BCUT2D eigenvalue weighted by Crippen LogP contribution is -2.54. The summed E-state index contributed by atoms with van der Waals surface area (Å²) in [4.78, 5) is 15.9. The molecule has 2 aromatic rings. The van der Waals surface area contributed by atoms with Crippen molar-refractivity contribution in [2.75, 3.05) is 31.7 Å². The van der Waals surface area contributed by atoms with Crippen molar-refractivity contribution in [2.24, 2.45) is 17.8 Å². The molecule has 6 rings (SSSR count). The van der Waals surface area contributed by atoms with E-state index in [1.54, 1.807) is 32.2 Å². The first-order chi connectivity index (χ1) is 22.8. The van der Waals surface area contributed by atoms with Gasteiger partial charge in [0.2, 0.25) is 10.0 Å². The number of allylic oxidation sites excluding steroid dienone is 1. The summed E-state index contributed by atoms with van der Waals surface area (Å²) in [5.74, 6) is 0.0688. The summed E-state index contributed by atoms with van der Waals surface area (Å²) in [5, 5.41) is 11.0. The monoisotopic (exact) mass is 696 g/mol. The van der Waals surface area contributed by atoms with Gasteiger partial charge in [-0.3, -0.25) is 4.79 Å². The number of sulfonamides is 1. The van der Waals surface area contributed by atoms with Gasteiger partial charge in [-0.1, -0.05) is 48.9 Å². The molecule has 1 fully saturated rings. The largest absolute Gasteiger partial charge is 0.490 e. The minimum absolute atomic E-state index is 0.101. The van der Waals surface area contributed by atoms with Crippen LogP contribution in [0.5, 0.6) is 5.75 Å². The van der Waals surface area contributed by atoms with Crippen molar-refractivity contribution >= 4 is 33.2 Å². The Morgan fingerprint density at radius 1 is 1.23 bits per heavy atom. The second-order valence-corrected chi connectivity index (χ2v) is 17.2. The van der Waals surface area contributed by atoms with Gasteiger partial charge in [0.25, 0.3) is 5.91 Å². The van der Waals surface area contributed by atoms with Crippen LogP contribution in [-0.4, -0.2) is 63.2 Å². The van der Waals surface area contributed by atoms with Gasteiger partial charge in [0.15, 0.2) is 0 Å². The molecule has 0 saturated heterocycles. The molecule has 48 heavy (non-hydrogen) atoms. The Morgan fingerprint density at radius 2 is 2.02 bits per heavy atom. The van der Waals surface area contributed by atoms with Gasteiger partial charge in [-0.05, 0) is 112 Å². The molecule has 8 nitrogen and oxygen atoms in total. The van der Waals surface area contributed by atoms with Gasteiger partial charge in [-0.2, -0.15) is 0 Å². The average Bonchev–Trinajstić information content (AvgIpc) is 3.18. The van der Waals surface area contributed by atoms with E-state index in [2.05, 4.69) is 34.4 Å². The quantitative estimate of drug-likeness (QED) is 0.348. The maximum absolute atomic E-state index is 13.5. The molecule has 0 aromatic heterocycles. The van der Waals surface area contributed by atoms with Crippen LogP contribution in [-0.2, 0) is 26.6 Å². The summed E-state index contributed by atoms with van der Waals surface area (Å²) in [7, 11) is -2.28. The Balaban J connectivity index is 1.47. The number of benzene rings is 2. The predicted molar refractivity (Wildman–Crippen MR) is 190 cm³/mol. The smallest absolute Gasteiger partial charge is 0.264 e. The lowest BCUT2D eigenvalue weighted by atomic mass is 9.62. The number of aliphatic hydroxyl groups is 1. The second-order valence-electron chi connectivity index (χ2n) is 14.8. The fourth-order valence-corrected chi connectivity index (χ4v) is 9.83. The number of anilines is 1. The Labute approximate surface area is 290 Å². The SMILES string of the molecule is C=C(C)[C@@H](O)C[C@]1(OC)/C=C\C[C@H](C)[C@@H](C)S(=O)(=O)NC(=O)c2ccc3c(c2)N(C[C@@H]2CC[C@H]21)C[C@@]1(CCCc2cc(Cl)ccc21)CO3. The summed E-state index contributed by atoms with van der Waals surface area (Å²) in [6.45, 7) is 11.2. The van der Waals surface area contributed by atoms with Crippen LogP contribution in [0.4, 0.5) is 5.69 Å². The number of rotatable bonds is 4. The molecule has 1 spiro atoms. The highest BCUT2D eigenvalue weighted by atomic mass is 35.5. The third kappa shape index (κ3) is 6.55. The molecule has 1 saturated carbocycles. The van der Waals surface area contributed by atoms with Crippen LogP contribution in [0.15, 0.2) is 60.7 Å². The average molecular weight is 697 g/mol. The van der Waals surface area contributed by atoms with Crippen molar-refractivity contribution in [3.8, 4) is 5.75 Å². The van der Waals surface area contributed by atoms with E-state index in [9.17, 15) is 18.3 Å². The van der Waals surface area contributed by atoms with E-state index in [1.807, 2.05) is 26.0 Å². The van der Waals surface area contributed by atoms with Crippen LogP contribution >= 0.6 is 11.6 Å². The summed E-state index contributed by atoms with van der Waals surface area (Å²) >= 11 is 6.45. The number of carbonyl (C=O) groups is 1. The minimum atomic E-state index is -3.98. The molecular weight excluding hydrogens is 648 g/mol. The molecule has 10 heteroatoms. The molecule has 0 radical (unpaired) electrons. The van der Waals surface area contributed by atoms with Gasteiger partial charge in [0, 0.05) is 42.6 Å². The lowest BCUT2D eigenvalue weighted by molar-refractivity contribution is -0.0942. The maximum Gasteiger partial charge on any atom is 0.264 e. The molecule has 260 valence electrons. The van der Waals surface area contributed by atoms with Crippen LogP contribution in [0.25, 0.3) is 0 Å². The van der Waals surface area contributed by atoms with Crippen molar-refractivity contribution < 1.29 is 27.8 Å². The fourth-order valence-electron chi connectivity index (χ4n) is 8.35. The normalized spacial score (nSPS) is 32.8. The van der Waals surface area contributed by atoms with Crippen molar-refractivity contribution in [3.63, 3.8) is 0 Å². The minimum Gasteiger partial charge on any atom is -0.490 e. The molecule has 1 amide bonds. The van der Waals surface area contributed by atoms with E-state index in [0.29, 0.717) is 43.9 Å². The van der Waals surface area contributed by atoms with E-state index in [0.717, 1.165) is 42.8 Å². The summed E-state index contributed by atoms with van der Waals surface area (Å²) in [6.07, 6.45) is 8.94. The van der Waals surface area contributed by atoms with Gasteiger partial charge in [0.1, 0.15) is 5.75 Å². The number of amides is 1. The Bertz CT molecular complexity index is 1710. The number of ether oxygens (including phenoxy) is 2. The van der Waals surface area contributed by atoms with Crippen molar-refractivity contribution in [2.45, 2.75) is 88.1 Å². The predicted octanol–water partition coefficient (Wildman–Crippen LogP) is 6.60. The van der Waals surface area contributed by atoms with Crippen molar-refractivity contribution in [3.05, 3.63) is 82.4 Å². The number of nitrogens with zero attached hydrogens (tertiary/aromatic N) is 1. The highest BCUT2D eigenvalue weighted by molar-refractivity contribution is 7.90. The lowest BCUT2D eigenvalue weighted by Gasteiger charge is -2.51. The summed E-state index contributed by atoms with van der Waals surface area (Å²) in [6, 6.07) is 11.4. The molecule has 4 aliphatic rings. The van der Waals surface area contributed by atoms with Crippen molar-refractivity contribution in [1.82, 2.24) is 4.72 Å². The number of hydrogen-bond acceptors (Lipinski definition) is 7. The number of aryl methyl sites for hydroxylation is 1. The Morgan fingerprint density at radius 3 is 2.73 bits per heavy atom. The first-order valence-corrected chi connectivity index (χ1v) is 19.1. The van der Waals surface area contributed by atoms with Crippen LogP contribution in [0, 0.1) is 17.8 Å². The van der Waals surface area contributed by atoms with Gasteiger partial charge in [0.05, 0.1) is 29.2 Å². The van der Waals surface area contributed by atoms with Crippen LogP contribution < -0.4 is 14.4 Å². The van der Waals surface area contributed by atoms with Gasteiger partial charge < -0.3 is 19.5 Å². The number of aliphatic hydroxyl groups excluding tert-OH is 1. The Hall–Kier alpha value is -2.85. The summed E-state index contributed by atoms with van der Waals surface area (Å²) < 4.78 is 42.2. The van der Waals surface area contributed by atoms with E-state index in [-0.39, 0.29) is 28.7 Å². The highest BCUT2D eigenvalue weighted by Crippen LogP contribution is 2.50. The zero-order chi connectivity index (χ0) is 34.4. The first kappa shape index (κ1) is 35.0. The van der Waals surface area contributed by atoms with E-state index in [1.165, 1.54) is 11.1 Å². The van der Waals surface area contributed by atoms with Gasteiger partial charge in [-0.25, -0.2) is 13.1 Å². The molecule has 2 aliphatic carbocycles. The molecule has 2 bridgehead atoms. The second kappa shape index (κ2) is 13.5. The molecule has 7 atom stereocenters. The Kier molecular flexibility index (Phi) is 9.81. The number of hydrogen-bond donors (Lipinski definition) is 2. The zero-order valence-electron chi connectivity index (χ0n) is 28.5. The fraction of sp³-hybridized carbons (Fsp3) is 0.553. The zero-order valence-corrected chi connectivity index (χ0v) is 30.1. The first-order valence-electron chi connectivity index (χ1n) is 17.2. The molecule has 2 N–H and O–H groups in total.